The number of imide groups is 1. The van der Waals surface area contributed by atoms with Gasteiger partial charge < -0.3 is 45.8 Å². The fraction of sp³-hybridized carbons (Fsp3) is 0.258. The summed E-state index contributed by atoms with van der Waals surface area (Å²) in [4.78, 5) is 66.1. The highest BCUT2D eigenvalue weighted by molar-refractivity contribution is 6.47. The van der Waals surface area contributed by atoms with Crippen molar-refractivity contribution in [3.05, 3.63) is 87.4 Å². The van der Waals surface area contributed by atoms with Crippen LogP contribution in [0.4, 0.5) is 18.4 Å². The van der Waals surface area contributed by atoms with Gasteiger partial charge in [0.25, 0.3) is 5.91 Å². The van der Waals surface area contributed by atoms with Crippen LogP contribution >= 0.6 is 11.6 Å². The average molecular weight is 716 g/mol. The van der Waals surface area contributed by atoms with Crippen molar-refractivity contribution in [1.82, 2.24) is 25.8 Å². The second-order valence-electron chi connectivity index (χ2n) is 11.3. The Kier molecular flexibility index (Phi) is 10.6. The molecule has 3 aromatic rings. The molecular weight excluding hydrogens is 687 g/mol. The molecule has 0 unspecified atom stereocenters. The molecule has 2 heterocycles. The molecule has 0 saturated carbocycles. The Bertz CT molecular complexity index is 1860. The molecule has 50 heavy (non-hydrogen) atoms. The summed E-state index contributed by atoms with van der Waals surface area (Å²) < 4.78 is 34.0. The van der Waals surface area contributed by atoms with Gasteiger partial charge in [0.1, 0.15) is 23.2 Å². The van der Waals surface area contributed by atoms with Gasteiger partial charge in [0.05, 0.1) is 11.0 Å². The van der Waals surface area contributed by atoms with Crippen LogP contribution in [0.2, 0.25) is 5.02 Å². The first-order valence-corrected chi connectivity index (χ1v) is 15.5. The molecule has 19 heteroatoms. The van der Waals surface area contributed by atoms with Crippen molar-refractivity contribution >= 4 is 48.6 Å². The fourth-order valence-corrected chi connectivity index (χ4v) is 5.74. The van der Waals surface area contributed by atoms with Gasteiger partial charge in [-0.15, -0.1) is 0 Å². The van der Waals surface area contributed by atoms with Crippen LogP contribution in [0.3, 0.4) is 0 Å². The molecule has 0 spiro atoms. The van der Waals surface area contributed by atoms with Crippen LogP contribution in [0.25, 0.3) is 0 Å². The minimum absolute atomic E-state index is 0.105. The van der Waals surface area contributed by atoms with Gasteiger partial charge in [-0.2, -0.15) is 0 Å². The Balaban J connectivity index is 1.29. The third-order valence-corrected chi connectivity index (χ3v) is 8.45. The smallest absolute Gasteiger partial charge is 0.534 e. The summed E-state index contributed by atoms with van der Waals surface area (Å²) in [5.41, 5.74) is -0.802. The highest BCUT2D eigenvalue weighted by Gasteiger charge is 2.42. The van der Waals surface area contributed by atoms with E-state index in [9.17, 15) is 53.1 Å². The number of carbonyl (C=O) groups excluding carboxylic acids is 4. The summed E-state index contributed by atoms with van der Waals surface area (Å²) in [6, 6.07) is 7.33. The van der Waals surface area contributed by atoms with Gasteiger partial charge in [-0.05, 0) is 42.7 Å². The first-order chi connectivity index (χ1) is 23.8. The number of phenols is 2. The number of amides is 6. The molecule has 0 radical (unpaired) electrons. The number of nitrogens with one attached hydrogen (secondary N) is 3. The van der Waals surface area contributed by atoms with E-state index in [-0.39, 0.29) is 44.1 Å². The zero-order valence-electron chi connectivity index (χ0n) is 25.9. The topological polar surface area (TPSA) is 218 Å². The third-order valence-electron chi connectivity index (χ3n) is 8.05. The zero-order chi connectivity index (χ0) is 36.3. The molecule has 0 aliphatic carbocycles. The Morgan fingerprint density at radius 2 is 1.76 bits per heavy atom. The Morgan fingerprint density at radius 1 is 1.04 bits per heavy atom. The second-order valence-corrected chi connectivity index (χ2v) is 11.7. The number of aromatic carboxylic acids is 1. The number of benzene rings is 3. The lowest BCUT2D eigenvalue weighted by Crippen LogP contribution is -2.56. The Morgan fingerprint density at radius 3 is 2.46 bits per heavy atom. The van der Waals surface area contributed by atoms with Gasteiger partial charge >= 0.3 is 25.1 Å². The van der Waals surface area contributed by atoms with E-state index in [4.69, 9.17) is 16.3 Å². The second kappa shape index (κ2) is 14.9. The lowest BCUT2D eigenvalue weighted by Gasteiger charge is -2.31. The number of hydrogen-bond acceptors (Lipinski definition) is 9. The minimum atomic E-state index is -1.94. The largest absolute Gasteiger partial charge is 0.547 e. The van der Waals surface area contributed by atoms with Crippen molar-refractivity contribution in [2.45, 2.75) is 24.8 Å². The number of rotatable bonds is 10. The van der Waals surface area contributed by atoms with Gasteiger partial charge in [0.2, 0.25) is 5.91 Å². The molecule has 15 nitrogen and oxygen atoms in total. The maximum atomic E-state index is 14.6. The number of nitrogens with zero attached hydrogens (tertiary/aromatic N) is 2. The van der Waals surface area contributed by atoms with Crippen LogP contribution in [0, 0.1) is 11.6 Å². The zero-order valence-corrected chi connectivity index (χ0v) is 26.6. The van der Waals surface area contributed by atoms with Crippen molar-refractivity contribution < 1.29 is 57.8 Å². The van der Waals surface area contributed by atoms with E-state index in [0.29, 0.717) is 18.1 Å². The van der Waals surface area contributed by atoms with E-state index in [1.54, 1.807) is 30.3 Å². The van der Waals surface area contributed by atoms with E-state index < -0.39 is 88.1 Å². The predicted octanol–water partition coefficient (Wildman–Crippen LogP) is 2.18. The van der Waals surface area contributed by atoms with E-state index in [2.05, 4.69) is 16.0 Å². The van der Waals surface area contributed by atoms with Crippen LogP contribution < -0.4 is 20.6 Å². The van der Waals surface area contributed by atoms with Crippen molar-refractivity contribution in [2.24, 2.45) is 0 Å². The molecule has 2 aliphatic heterocycles. The first-order valence-electron chi connectivity index (χ1n) is 15.1. The molecule has 1 saturated heterocycles. The van der Waals surface area contributed by atoms with E-state index in [1.165, 1.54) is 11.0 Å². The van der Waals surface area contributed by atoms with Crippen LogP contribution in [-0.4, -0.2) is 99.2 Å². The van der Waals surface area contributed by atoms with Crippen molar-refractivity contribution in [3.63, 3.8) is 0 Å². The van der Waals surface area contributed by atoms with Crippen LogP contribution in [0.15, 0.2) is 48.5 Å². The Hall–Kier alpha value is -5.62. The van der Waals surface area contributed by atoms with Gasteiger partial charge in [-0.3, -0.25) is 9.59 Å². The molecular formula is C31H29BClF2N5O10. The number of fused-ring (bicyclic) bond motifs is 1. The number of hydrogen-bond donors (Lipinski definition) is 7. The number of carboxylic acids is 1. The van der Waals surface area contributed by atoms with E-state index in [1.807, 2.05) is 0 Å². The predicted molar refractivity (Wildman–Crippen MR) is 171 cm³/mol. The van der Waals surface area contributed by atoms with Gasteiger partial charge in [-0.25, -0.2) is 28.1 Å². The number of urea groups is 2. The monoisotopic (exact) mass is 715 g/mol. The number of aromatic hydroxyl groups is 2. The summed E-state index contributed by atoms with van der Waals surface area (Å²) in [6.07, 6.45) is 0.0692. The van der Waals surface area contributed by atoms with Gasteiger partial charge in [0.15, 0.2) is 17.3 Å². The normalized spacial score (nSPS) is 16.0. The molecule has 2 atom stereocenters. The van der Waals surface area contributed by atoms with Crippen molar-refractivity contribution in [3.8, 4) is 17.2 Å². The van der Waals surface area contributed by atoms with Crippen molar-refractivity contribution in [2.75, 3.05) is 26.2 Å². The minimum Gasteiger partial charge on any atom is -0.534 e. The lowest BCUT2D eigenvalue weighted by molar-refractivity contribution is -0.123. The quantitative estimate of drug-likeness (QED) is 0.0922. The summed E-state index contributed by atoms with van der Waals surface area (Å²) in [5.74, 6) is -9.80. The summed E-state index contributed by atoms with van der Waals surface area (Å²) in [7, 11) is -1.92. The van der Waals surface area contributed by atoms with Crippen LogP contribution in [0.1, 0.15) is 44.3 Å². The number of halogens is 3. The van der Waals surface area contributed by atoms with E-state index in [0.717, 1.165) is 11.0 Å². The van der Waals surface area contributed by atoms with Crippen LogP contribution in [-0.2, 0) is 11.2 Å². The standard InChI is InChI=1S/C31H29BClF2N5O10/c33-22-17(14-19(35)24(41)25(22)42)23(28(44)37-20-13-16-7-8-18(34)21(29(45)46)26(16)50-32(20)49)38-30(47)40-12-11-39(31(40)48)10-4-9-36-27(43)15-5-2-1-3-6-15/h1-3,5-8,14,20,23,41-42,49H,4,9-13H2,(H,36,43)(H,37,44)(H,38,47)(H,45,46)/t20-,23-/m0/s1. The highest BCUT2D eigenvalue weighted by Crippen LogP contribution is 2.40. The number of carbonyl (C=O) groups is 5. The molecule has 1 fully saturated rings. The van der Waals surface area contributed by atoms with E-state index >= 15 is 0 Å². The molecule has 0 aromatic heterocycles. The Labute approximate surface area is 287 Å². The van der Waals surface area contributed by atoms with Crippen LogP contribution in [0.5, 0.6) is 17.2 Å². The molecule has 5 rings (SSSR count). The highest BCUT2D eigenvalue weighted by atomic mass is 35.5. The van der Waals surface area contributed by atoms with Gasteiger partial charge in [-0.1, -0.05) is 35.9 Å². The average Bonchev–Trinajstić information content (AvgIpc) is 3.46. The maximum Gasteiger partial charge on any atom is 0.547 e. The van der Waals surface area contributed by atoms with Crippen molar-refractivity contribution in [1.29, 1.82) is 0 Å². The summed E-state index contributed by atoms with van der Waals surface area (Å²) in [5, 5.41) is 46.7. The number of carboxylic acid groups (broad SMARTS) is 1. The number of phenolic OH excluding ortho intramolecular Hbond substituents is 2. The summed E-state index contributed by atoms with van der Waals surface area (Å²) >= 11 is 6.14. The molecule has 2 aliphatic rings. The maximum absolute atomic E-state index is 14.6. The molecule has 3 aromatic carbocycles. The fourth-order valence-electron chi connectivity index (χ4n) is 5.49. The SMILES string of the molecule is O=C(NCCCN1CCN(C(=O)N[C@H](C(=O)N[C@H]2Cc3ccc(F)c(C(=O)O)c3OB2O)c2cc(F)c(O)c(O)c2Cl)C1=O)c1ccccc1. The molecule has 7 N–H and O–H groups in total. The third kappa shape index (κ3) is 7.35. The molecule has 0 bridgehead atoms. The van der Waals surface area contributed by atoms with Gasteiger partial charge in [0, 0.05) is 37.3 Å². The first kappa shape index (κ1) is 35.7. The molecule has 262 valence electrons. The lowest BCUT2D eigenvalue weighted by atomic mass is 9.72. The summed E-state index contributed by atoms with van der Waals surface area (Å²) in [6.45, 7) is 0.384. The molecule has 6 amide bonds.